The van der Waals surface area contributed by atoms with Crippen LogP contribution in [0.4, 0.5) is 0 Å². The molecule has 0 aliphatic carbocycles. The first-order valence-electron chi connectivity index (χ1n) is 7.68. The fraction of sp³-hybridized carbons (Fsp3) is 0.167. The zero-order valence-electron chi connectivity index (χ0n) is 12.9. The molecule has 0 fully saturated rings. The van der Waals surface area contributed by atoms with Gasteiger partial charge < -0.3 is 14.8 Å². The number of nitrogens with zero attached hydrogens (tertiary/aromatic N) is 2. The van der Waals surface area contributed by atoms with E-state index in [4.69, 9.17) is 9.47 Å². The molecule has 6 nitrogen and oxygen atoms in total. The van der Waals surface area contributed by atoms with Gasteiger partial charge in [0.05, 0.1) is 11.0 Å². The Morgan fingerprint density at radius 1 is 1.04 bits per heavy atom. The Kier molecular flexibility index (Phi) is 3.70. The van der Waals surface area contributed by atoms with Gasteiger partial charge in [0, 0.05) is 12.7 Å². The largest absolute Gasteiger partial charge is 0.486 e. The second-order valence-corrected chi connectivity index (χ2v) is 5.40. The van der Waals surface area contributed by atoms with Gasteiger partial charge in [0.2, 0.25) is 0 Å². The quantitative estimate of drug-likeness (QED) is 0.801. The first kappa shape index (κ1) is 14.4. The van der Waals surface area contributed by atoms with Gasteiger partial charge in [0.15, 0.2) is 11.5 Å². The molecule has 0 radical (unpaired) electrons. The molecule has 1 aromatic carbocycles. The summed E-state index contributed by atoms with van der Waals surface area (Å²) in [5.41, 5.74) is 2.77. The van der Waals surface area contributed by atoms with Crippen molar-refractivity contribution in [2.45, 2.75) is 6.54 Å². The van der Waals surface area contributed by atoms with Crippen molar-refractivity contribution < 1.29 is 14.3 Å². The van der Waals surface area contributed by atoms with Crippen LogP contribution >= 0.6 is 0 Å². The van der Waals surface area contributed by atoms with Crippen LogP contribution < -0.4 is 14.8 Å². The number of pyridine rings is 2. The summed E-state index contributed by atoms with van der Waals surface area (Å²) >= 11 is 0. The molecule has 0 spiro atoms. The highest BCUT2D eigenvalue weighted by Crippen LogP contribution is 2.30. The molecule has 1 aliphatic heterocycles. The van der Waals surface area contributed by atoms with Gasteiger partial charge in [-0.15, -0.1) is 0 Å². The minimum Gasteiger partial charge on any atom is -0.486 e. The number of fused-ring (bicyclic) bond motifs is 2. The minimum absolute atomic E-state index is 0.226. The Hall–Kier alpha value is -3.15. The summed E-state index contributed by atoms with van der Waals surface area (Å²) < 4.78 is 11.0. The van der Waals surface area contributed by atoms with Crippen LogP contribution in [0.5, 0.6) is 11.5 Å². The predicted octanol–water partition coefficient (Wildman–Crippen LogP) is 2.33. The summed E-state index contributed by atoms with van der Waals surface area (Å²) in [6.45, 7) is 1.49. The molecule has 2 aromatic heterocycles. The lowest BCUT2D eigenvalue weighted by molar-refractivity contribution is 0.0946. The maximum Gasteiger partial charge on any atom is 0.270 e. The zero-order valence-corrected chi connectivity index (χ0v) is 12.9. The van der Waals surface area contributed by atoms with Crippen molar-refractivity contribution in [1.29, 1.82) is 0 Å². The van der Waals surface area contributed by atoms with Gasteiger partial charge in [-0.05, 0) is 42.0 Å². The first-order valence-corrected chi connectivity index (χ1v) is 7.68. The van der Waals surface area contributed by atoms with Crippen molar-refractivity contribution >= 4 is 16.9 Å². The molecule has 6 heteroatoms. The van der Waals surface area contributed by atoms with Gasteiger partial charge in [0.1, 0.15) is 18.9 Å². The topological polar surface area (TPSA) is 73.3 Å². The molecule has 3 aromatic rings. The van der Waals surface area contributed by atoms with Crippen molar-refractivity contribution in [3.8, 4) is 11.5 Å². The van der Waals surface area contributed by atoms with E-state index in [1.807, 2.05) is 24.3 Å². The van der Waals surface area contributed by atoms with Crippen molar-refractivity contribution in [2.75, 3.05) is 13.2 Å². The molecule has 1 amide bonds. The number of benzene rings is 1. The highest BCUT2D eigenvalue weighted by Gasteiger charge is 2.13. The summed E-state index contributed by atoms with van der Waals surface area (Å²) in [4.78, 5) is 20.8. The second-order valence-electron chi connectivity index (χ2n) is 5.40. The summed E-state index contributed by atoms with van der Waals surface area (Å²) in [6, 6.07) is 12.7. The third-order valence-corrected chi connectivity index (χ3v) is 3.75. The summed E-state index contributed by atoms with van der Waals surface area (Å²) in [6.07, 6.45) is 1.70. The van der Waals surface area contributed by atoms with Gasteiger partial charge in [-0.25, -0.2) is 4.98 Å². The Labute approximate surface area is 138 Å². The molecular weight excluding hydrogens is 306 g/mol. The van der Waals surface area contributed by atoms with Crippen LogP contribution in [0.15, 0.2) is 48.7 Å². The van der Waals surface area contributed by atoms with E-state index in [2.05, 4.69) is 15.3 Å². The highest BCUT2D eigenvalue weighted by atomic mass is 16.6. The van der Waals surface area contributed by atoms with Gasteiger partial charge in [-0.3, -0.25) is 9.78 Å². The molecule has 0 saturated carbocycles. The lowest BCUT2D eigenvalue weighted by atomic mass is 10.2. The van der Waals surface area contributed by atoms with E-state index in [-0.39, 0.29) is 5.91 Å². The fourth-order valence-electron chi connectivity index (χ4n) is 2.55. The number of hydrogen-bond acceptors (Lipinski definition) is 5. The number of hydrogen-bond donors (Lipinski definition) is 1. The number of aromatic nitrogens is 2. The Morgan fingerprint density at radius 3 is 2.83 bits per heavy atom. The minimum atomic E-state index is -0.226. The van der Waals surface area contributed by atoms with E-state index in [0.717, 1.165) is 16.8 Å². The molecule has 0 unspecified atom stereocenters. The van der Waals surface area contributed by atoms with Crippen LogP contribution in [-0.2, 0) is 6.54 Å². The van der Waals surface area contributed by atoms with E-state index in [1.54, 1.807) is 24.4 Å². The number of nitrogens with one attached hydrogen (secondary N) is 1. The molecule has 24 heavy (non-hydrogen) atoms. The molecule has 0 saturated heterocycles. The first-order chi connectivity index (χ1) is 11.8. The van der Waals surface area contributed by atoms with Crippen molar-refractivity contribution in [2.24, 2.45) is 0 Å². The van der Waals surface area contributed by atoms with E-state index < -0.39 is 0 Å². The lowest BCUT2D eigenvalue weighted by Gasteiger charge is -2.18. The smallest absolute Gasteiger partial charge is 0.270 e. The monoisotopic (exact) mass is 321 g/mol. The molecule has 120 valence electrons. The summed E-state index contributed by atoms with van der Waals surface area (Å²) in [5.74, 6) is 1.22. The maximum absolute atomic E-state index is 12.3. The molecule has 3 heterocycles. The molecule has 0 atom stereocenters. The van der Waals surface area contributed by atoms with Crippen LogP contribution in [0, 0.1) is 0 Å². The van der Waals surface area contributed by atoms with E-state index in [1.165, 1.54) is 0 Å². The van der Waals surface area contributed by atoms with E-state index >= 15 is 0 Å². The highest BCUT2D eigenvalue weighted by molar-refractivity contribution is 5.94. The predicted molar refractivity (Wildman–Crippen MR) is 88.1 cm³/mol. The van der Waals surface area contributed by atoms with E-state index in [9.17, 15) is 4.79 Å². The van der Waals surface area contributed by atoms with Crippen molar-refractivity contribution in [3.63, 3.8) is 0 Å². The molecule has 4 rings (SSSR count). The standard InChI is InChI=1S/C18H15N3O3/c22-18(15-5-4-13-14(21-15)2-1-7-19-13)20-11-12-3-6-16-17(10-12)24-9-8-23-16/h1-7,10H,8-9,11H2,(H,20,22). The number of rotatable bonds is 3. The fourth-order valence-corrected chi connectivity index (χ4v) is 2.55. The zero-order chi connectivity index (χ0) is 16.4. The van der Waals surface area contributed by atoms with Gasteiger partial charge in [0.25, 0.3) is 5.91 Å². The average Bonchev–Trinajstić information content (AvgIpc) is 2.65. The normalized spacial score (nSPS) is 12.8. The van der Waals surface area contributed by atoms with Gasteiger partial charge in [-0.1, -0.05) is 6.07 Å². The van der Waals surface area contributed by atoms with Gasteiger partial charge >= 0.3 is 0 Å². The van der Waals surface area contributed by atoms with Gasteiger partial charge in [-0.2, -0.15) is 0 Å². The number of ether oxygens (including phenoxy) is 2. The third-order valence-electron chi connectivity index (χ3n) is 3.75. The third kappa shape index (κ3) is 2.86. The number of amides is 1. The summed E-state index contributed by atoms with van der Waals surface area (Å²) in [5, 5.41) is 2.87. The van der Waals surface area contributed by atoms with E-state index in [0.29, 0.717) is 36.7 Å². The Morgan fingerprint density at radius 2 is 1.92 bits per heavy atom. The lowest BCUT2D eigenvalue weighted by Crippen LogP contribution is -2.24. The van der Waals surface area contributed by atoms with Crippen LogP contribution in [0.2, 0.25) is 0 Å². The van der Waals surface area contributed by atoms with Crippen molar-refractivity contribution in [3.05, 3.63) is 59.9 Å². The van der Waals surface area contributed by atoms with Crippen LogP contribution in [-0.4, -0.2) is 29.1 Å². The molecule has 0 bridgehead atoms. The average molecular weight is 321 g/mol. The van der Waals surface area contributed by atoms with Crippen LogP contribution in [0.25, 0.3) is 11.0 Å². The molecule has 1 N–H and O–H groups in total. The Bertz CT molecular complexity index is 911. The SMILES string of the molecule is O=C(NCc1ccc2c(c1)OCCO2)c1ccc2ncccc2n1. The van der Waals surface area contributed by atoms with Crippen LogP contribution in [0.3, 0.4) is 0 Å². The maximum atomic E-state index is 12.3. The Balaban J connectivity index is 1.47. The number of carbonyl (C=O) groups excluding carboxylic acids is 1. The number of carbonyl (C=O) groups is 1. The summed E-state index contributed by atoms with van der Waals surface area (Å²) in [7, 11) is 0. The van der Waals surface area contributed by atoms with Crippen molar-refractivity contribution in [1.82, 2.24) is 15.3 Å². The molecular formula is C18H15N3O3. The second kappa shape index (κ2) is 6.16. The molecule has 1 aliphatic rings. The van der Waals surface area contributed by atoms with Crippen LogP contribution in [0.1, 0.15) is 16.1 Å².